The zero-order valence-corrected chi connectivity index (χ0v) is 32.2. The summed E-state index contributed by atoms with van der Waals surface area (Å²) >= 11 is 0. The minimum atomic E-state index is -2.95. The molecule has 1 unspecified atom stereocenters. The number of anilines is 1. The number of pyridine rings is 1. The average molecular weight is 752 g/mol. The third-order valence-corrected chi connectivity index (χ3v) is 18.3. The topological polar surface area (TPSA) is 74.6 Å². The van der Waals surface area contributed by atoms with Crippen molar-refractivity contribution in [2.24, 2.45) is 0 Å². The first-order chi connectivity index (χ1) is 25.0. The smallest absolute Gasteiger partial charge is 0.319 e. The number of hydrogen-bond acceptors (Lipinski definition) is 7. The van der Waals surface area contributed by atoms with Crippen molar-refractivity contribution < 1.29 is 31.8 Å². The summed E-state index contributed by atoms with van der Waals surface area (Å²) in [7, 11) is -0.869. The predicted octanol–water partition coefficient (Wildman–Crippen LogP) is 9.20. The normalized spacial score (nSPS) is 22.5. The Labute approximate surface area is 308 Å². The first-order valence-corrected chi connectivity index (χ1v) is 20.7. The van der Waals surface area contributed by atoms with Crippen LogP contribution in [0.5, 0.6) is 11.8 Å². The van der Waals surface area contributed by atoms with E-state index in [1.165, 1.54) is 42.4 Å². The van der Waals surface area contributed by atoms with E-state index < -0.39 is 49.8 Å². The Morgan fingerprint density at radius 1 is 1.06 bits per heavy atom. The molecule has 1 saturated carbocycles. The lowest BCUT2D eigenvalue weighted by Gasteiger charge is -2.38. The van der Waals surface area contributed by atoms with Crippen LogP contribution in [-0.4, -0.2) is 83.5 Å². The minimum absolute atomic E-state index is 0.0106. The fourth-order valence-corrected chi connectivity index (χ4v) is 14.5. The number of fused-ring (bicyclic) bond motifs is 3. The van der Waals surface area contributed by atoms with Crippen molar-refractivity contribution in [1.82, 2.24) is 19.9 Å². The van der Waals surface area contributed by atoms with E-state index in [0.717, 1.165) is 13.0 Å². The molecule has 7 nitrogen and oxygen atoms in total. The summed E-state index contributed by atoms with van der Waals surface area (Å²) in [6.07, 6.45) is 1.79. The average Bonchev–Trinajstić information content (AvgIpc) is 3.38. The number of aromatic hydroxyl groups is 1. The standard InChI is InChI=1S/C40H46F5N5O2Si/c1-22(2)53(23(3)4,24(5)6)14-11-28-31(42)10-9-25-15-27(51)16-29(33(25)28)35-34(43)36-30(19-46-35)37(49(7)32-18-40(32,44)45)48-38(47-36)52-21-39-12-8-13-50(39)20-26(41)17-39/h9-10,15-16,19,22-24,26,32,51H,8,12-13,17-18,20-21H2,1-7H3/t26-,32?,39+/m1/s1. The van der Waals surface area contributed by atoms with Crippen LogP contribution in [0.15, 0.2) is 30.5 Å². The molecule has 2 saturated heterocycles. The Morgan fingerprint density at radius 2 is 1.75 bits per heavy atom. The number of alkyl halides is 3. The van der Waals surface area contributed by atoms with Gasteiger partial charge in [0.15, 0.2) is 5.82 Å². The quantitative estimate of drug-likeness (QED) is 0.104. The monoisotopic (exact) mass is 751 g/mol. The molecule has 3 fully saturated rings. The Bertz CT molecular complexity index is 2130. The van der Waals surface area contributed by atoms with Crippen LogP contribution in [0.25, 0.3) is 32.9 Å². The SMILES string of the molecule is CC(C)[Si](C#Cc1c(F)ccc2cc(O)cc(-c3ncc4c(N(C)C5CC5(F)F)nc(OC[C@@]56CCCN5C[C@H](F)C6)nc4c3F)c12)(C(C)C)C(C)C. The van der Waals surface area contributed by atoms with Crippen LogP contribution >= 0.6 is 0 Å². The molecule has 3 atom stereocenters. The van der Waals surface area contributed by atoms with E-state index in [0.29, 0.717) is 18.4 Å². The van der Waals surface area contributed by atoms with Crippen molar-refractivity contribution >= 4 is 35.6 Å². The molecule has 1 N–H and O–H groups in total. The molecule has 0 bridgehead atoms. The van der Waals surface area contributed by atoms with Gasteiger partial charge in [-0.2, -0.15) is 9.97 Å². The molecule has 0 amide bonds. The van der Waals surface area contributed by atoms with Crippen LogP contribution in [0.3, 0.4) is 0 Å². The molecule has 2 aromatic carbocycles. The van der Waals surface area contributed by atoms with E-state index in [1.807, 2.05) is 0 Å². The zero-order chi connectivity index (χ0) is 38.2. The maximum Gasteiger partial charge on any atom is 0.319 e. The van der Waals surface area contributed by atoms with Gasteiger partial charge in [0.05, 0.1) is 22.5 Å². The lowest BCUT2D eigenvalue weighted by molar-refractivity contribution is 0.107. The second-order valence-corrected chi connectivity index (χ2v) is 21.7. The molecule has 13 heteroatoms. The number of phenolic OH excluding ortho intramolecular Hbond substituents is 1. The maximum absolute atomic E-state index is 17.1. The van der Waals surface area contributed by atoms with Gasteiger partial charge in [0, 0.05) is 43.6 Å². The fourth-order valence-electron chi connectivity index (χ4n) is 9.29. The molecule has 4 aromatic rings. The molecule has 0 radical (unpaired) electrons. The fraction of sp³-hybridized carbons (Fsp3) is 0.525. The Hall–Kier alpha value is -4.02. The van der Waals surface area contributed by atoms with Crippen LogP contribution in [0, 0.1) is 23.1 Å². The number of aromatic nitrogens is 3. The number of ether oxygens (including phenoxy) is 1. The molecule has 53 heavy (non-hydrogen) atoms. The second-order valence-electron chi connectivity index (χ2n) is 16.1. The number of nitrogens with zero attached hydrogens (tertiary/aromatic N) is 5. The largest absolute Gasteiger partial charge is 0.508 e. The van der Waals surface area contributed by atoms with E-state index in [1.54, 1.807) is 0 Å². The Morgan fingerprint density at radius 3 is 2.42 bits per heavy atom. The van der Waals surface area contributed by atoms with Crippen molar-refractivity contribution in [1.29, 1.82) is 0 Å². The zero-order valence-electron chi connectivity index (χ0n) is 31.2. The summed E-state index contributed by atoms with van der Waals surface area (Å²) in [5.41, 5.74) is 3.53. The van der Waals surface area contributed by atoms with Crippen molar-refractivity contribution in [3.05, 3.63) is 47.7 Å². The van der Waals surface area contributed by atoms with Gasteiger partial charge in [-0.25, -0.2) is 22.0 Å². The maximum atomic E-state index is 17.1. The molecule has 2 aromatic heterocycles. The number of halogens is 5. The van der Waals surface area contributed by atoms with E-state index in [4.69, 9.17) is 4.74 Å². The van der Waals surface area contributed by atoms with E-state index in [2.05, 4.69) is 72.9 Å². The summed E-state index contributed by atoms with van der Waals surface area (Å²) in [5.74, 6) is -1.45. The molecule has 3 aliphatic rings. The van der Waals surface area contributed by atoms with Crippen LogP contribution in [0.4, 0.5) is 27.8 Å². The second kappa shape index (κ2) is 13.4. The summed E-state index contributed by atoms with van der Waals surface area (Å²) < 4.78 is 82.3. The molecular formula is C40H46F5N5O2Si. The highest BCUT2D eigenvalue weighted by atomic mass is 28.3. The summed E-state index contributed by atoms with van der Waals surface area (Å²) in [4.78, 5) is 16.7. The van der Waals surface area contributed by atoms with Crippen LogP contribution in [-0.2, 0) is 0 Å². The minimum Gasteiger partial charge on any atom is -0.508 e. The first kappa shape index (κ1) is 37.3. The third kappa shape index (κ3) is 6.29. The highest BCUT2D eigenvalue weighted by molar-refractivity contribution is 6.90. The highest BCUT2D eigenvalue weighted by Gasteiger charge is 2.60. The van der Waals surface area contributed by atoms with E-state index in [9.17, 15) is 18.3 Å². The van der Waals surface area contributed by atoms with Gasteiger partial charge in [-0.1, -0.05) is 53.5 Å². The molecule has 282 valence electrons. The van der Waals surface area contributed by atoms with E-state index >= 15 is 8.78 Å². The molecule has 2 aliphatic heterocycles. The van der Waals surface area contributed by atoms with Crippen molar-refractivity contribution in [2.45, 2.75) is 108 Å². The van der Waals surface area contributed by atoms with Crippen LogP contribution < -0.4 is 9.64 Å². The number of benzene rings is 2. The van der Waals surface area contributed by atoms with Crippen LogP contribution in [0.1, 0.15) is 72.8 Å². The molecule has 4 heterocycles. The van der Waals surface area contributed by atoms with Gasteiger partial charge >= 0.3 is 6.01 Å². The van der Waals surface area contributed by atoms with Gasteiger partial charge in [0.1, 0.15) is 49.4 Å². The Kier molecular flexibility index (Phi) is 9.41. The van der Waals surface area contributed by atoms with Gasteiger partial charge < -0.3 is 14.7 Å². The molecule has 1 aliphatic carbocycles. The van der Waals surface area contributed by atoms with Crippen molar-refractivity contribution in [2.75, 3.05) is 31.6 Å². The van der Waals surface area contributed by atoms with Gasteiger partial charge in [-0.05, 0) is 59.6 Å². The lowest BCUT2D eigenvalue weighted by Crippen LogP contribution is -2.43. The summed E-state index contributed by atoms with van der Waals surface area (Å²) in [5, 5.41) is 11.6. The van der Waals surface area contributed by atoms with Gasteiger partial charge in [-0.15, -0.1) is 5.54 Å². The van der Waals surface area contributed by atoms with Crippen LogP contribution in [0.2, 0.25) is 16.6 Å². The first-order valence-electron chi connectivity index (χ1n) is 18.5. The highest BCUT2D eigenvalue weighted by Crippen LogP contribution is 2.48. The third-order valence-electron chi connectivity index (χ3n) is 12.0. The summed E-state index contributed by atoms with van der Waals surface area (Å²) in [6, 6.07) is 4.17. The van der Waals surface area contributed by atoms with Gasteiger partial charge in [0.25, 0.3) is 5.92 Å². The number of hydrogen-bond donors (Lipinski definition) is 1. The lowest BCUT2D eigenvalue weighted by atomic mass is 9.95. The summed E-state index contributed by atoms with van der Waals surface area (Å²) in [6.45, 7) is 14.0. The number of rotatable bonds is 9. The molecular weight excluding hydrogens is 706 g/mol. The Balaban J connectivity index is 1.40. The molecule has 0 spiro atoms. The predicted molar refractivity (Wildman–Crippen MR) is 200 cm³/mol. The molecule has 7 rings (SSSR count). The number of phenols is 1. The van der Waals surface area contributed by atoms with Gasteiger partial charge in [0.2, 0.25) is 0 Å². The van der Waals surface area contributed by atoms with E-state index in [-0.39, 0.29) is 80.3 Å². The van der Waals surface area contributed by atoms with Crippen molar-refractivity contribution in [3.63, 3.8) is 0 Å². The van der Waals surface area contributed by atoms with Gasteiger partial charge in [-0.3, -0.25) is 9.88 Å². The van der Waals surface area contributed by atoms with Crippen molar-refractivity contribution in [3.8, 4) is 34.5 Å².